The van der Waals surface area contributed by atoms with Crippen LogP contribution in [-0.2, 0) is 6.54 Å². The Morgan fingerprint density at radius 2 is 2.14 bits per heavy atom. The van der Waals surface area contributed by atoms with Crippen molar-refractivity contribution in [3.05, 3.63) is 45.4 Å². The fraction of sp³-hybridized carbons (Fsp3) is 0.333. The van der Waals surface area contributed by atoms with Crippen LogP contribution in [0, 0.1) is 6.92 Å². The van der Waals surface area contributed by atoms with Crippen molar-refractivity contribution in [2.24, 2.45) is 0 Å². The minimum Gasteiger partial charge on any atom is -0.316 e. The van der Waals surface area contributed by atoms with Crippen LogP contribution < -0.4 is 5.32 Å². The highest BCUT2D eigenvalue weighted by atomic mass is 35.5. The van der Waals surface area contributed by atoms with Gasteiger partial charge in [-0.2, -0.15) is 0 Å². The number of nitrogens with one attached hydrogen (secondary N) is 1. The predicted molar refractivity (Wildman–Crippen MR) is 85.9 cm³/mol. The number of aryl methyl sites for hydroxylation is 1. The van der Waals surface area contributed by atoms with Crippen molar-refractivity contribution in [1.29, 1.82) is 0 Å². The summed E-state index contributed by atoms with van der Waals surface area (Å²) in [4.78, 5) is 18.8. The zero-order valence-corrected chi connectivity index (χ0v) is 13.2. The molecule has 3 rings (SSSR count). The lowest BCUT2D eigenvalue weighted by Gasteiger charge is -2.22. The van der Waals surface area contributed by atoms with Gasteiger partial charge >= 0.3 is 6.03 Å². The summed E-state index contributed by atoms with van der Waals surface area (Å²) >= 11 is 7.46. The van der Waals surface area contributed by atoms with Gasteiger partial charge in [0, 0.05) is 22.1 Å². The van der Waals surface area contributed by atoms with Gasteiger partial charge in [-0.15, -0.1) is 11.3 Å². The minimum absolute atomic E-state index is 0.0783. The highest BCUT2D eigenvalue weighted by Crippen LogP contribution is 2.29. The van der Waals surface area contributed by atoms with Gasteiger partial charge in [0.2, 0.25) is 0 Å². The van der Waals surface area contributed by atoms with Crippen molar-refractivity contribution < 1.29 is 4.79 Å². The molecule has 110 valence electrons. The Hall–Kier alpha value is -1.59. The number of aromatic nitrogens is 1. The molecule has 1 saturated carbocycles. The first-order valence-electron chi connectivity index (χ1n) is 6.86. The quantitative estimate of drug-likeness (QED) is 0.912. The van der Waals surface area contributed by atoms with Gasteiger partial charge in [0.05, 0.1) is 17.2 Å². The van der Waals surface area contributed by atoms with E-state index in [1.807, 2.05) is 17.2 Å². The topological polar surface area (TPSA) is 45.2 Å². The van der Waals surface area contributed by atoms with Crippen LogP contribution in [0.5, 0.6) is 0 Å². The Balaban J connectivity index is 1.68. The largest absolute Gasteiger partial charge is 0.322 e. The van der Waals surface area contributed by atoms with Crippen molar-refractivity contribution in [2.45, 2.75) is 32.4 Å². The predicted octanol–water partition coefficient (Wildman–Crippen LogP) is 4.30. The molecule has 21 heavy (non-hydrogen) atoms. The van der Waals surface area contributed by atoms with Crippen LogP contribution in [0.3, 0.4) is 0 Å². The normalized spacial score (nSPS) is 14.0. The number of thiazole rings is 1. The van der Waals surface area contributed by atoms with Crippen LogP contribution in [0.4, 0.5) is 10.5 Å². The molecule has 0 saturated heterocycles. The molecule has 1 heterocycles. The van der Waals surface area contributed by atoms with E-state index in [1.165, 1.54) is 0 Å². The average Bonchev–Trinajstić information content (AvgIpc) is 3.21. The molecule has 0 atom stereocenters. The summed E-state index contributed by atoms with van der Waals surface area (Å²) in [6.45, 7) is 2.54. The van der Waals surface area contributed by atoms with E-state index in [1.54, 1.807) is 35.6 Å². The fourth-order valence-electron chi connectivity index (χ4n) is 2.14. The molecule has 0 aliphatic heterocycles. The minimum atomic E-state index is -0.0783. The van der Waals surface area contributed by atoms with E-state index in [2.05, 4.69) is 10.3 Å². The van der Waals surface area contributed by atoms with Crippen molar-refractivity contribution in [1.82, 2.24) is 9.88 Å². The third-order valence-corrected chi connectivity index (χ3v) is 4.42. The van der Waals surface area contributed by atoms with Crippen LogP contribution in [0.2, 0.25) is 5.02 Å². The number of anilines is 1. The van der Waals surface area contributed by atoms with Gasteiger partial charge in [0.25, 0.3) is 0 Å². The van der Waals surface area contributed by atoms with Crippen LogP contribution in [0.1, 0.15) is 23.5 Å². The van der Waals surface area contributed by atoms with Gasteiger partial charge in [0.15, 0.2) is 0 Å². The molecular formula is C15H16ClN3OS. The van der Waals surface area contributed by atoms with Crippen LogP contribution >= 0.6 is 22.9 Å². The summed E-state index contributed by atoms with van der Waals surface area (Å²) in [7, 11) is 0. The zero-order valence-electron chi connectivity index (χ0n) is 11.7. The first kappa shape index (κ1) is 14.4. The molecule has 1 fully saturated rings. The third kappa shape index (κ3) is 3.74. The number of carbonyl (C=O) groups is 1. The Labute approximate surface area is 132 Å². The molecule has 1 N–H and O–H groups in total. The number of hydrogen-bond donors (Lipinski definition) is 1. The summed E-state index contributed by atoms with van der Waals surface area (Å²) in [6, 6.07) is 7.39. The van der Waals surface area contributed by atoms with Gasteiger partial charge in [-0.1, -0.05) is 11.6 Å². The second-order valence-corrected chi connectivity index (χ2v) is 6.65. The van der Waals surface area contributed by atoms with Crippen LogP contribution in [0.15, 0.2) is 29.6 Å². The van der Waals surface area contributed by atoms with E-state index in [0.29, 0.717) is 17.6 Å². The van der Waals surface area contributed by atoms with E-state index in [0.717, 1.165) is 29.2 Å². The Morgan fingerprint density at radius 1 is 1.43 bits per heavy atom. The lowest BCUT2D eigenvalue weighted by Crippen LogP contribution is -2.36. The molecule has 6 heteroatoms. The monoisotopic (exact) mass is 321 g/mol. The summed E-state index contributed by atoms with van der Waals surface area (Å²) in [6.07, 6.45) is 2.13. The van der Waals surface area contributed by atoms with Gasteiger partial charge in [0.1, 0.15) is 0 Å². The second-order valence-electron chi connectivity index (χ2n) is 5.15. The maximum absolute atomic E-state index is 12.4. The van der Waals surface area contributed by atoms with Crippen LogP contribution in [-0.4, -0.2) is 22.0 Å². The number of halogens is 1. The first-order chi connectivity index (χ1) is 10.1. The number of rotatable bonds is 4. The second kappa shape index (κ2) is 6.03. The molecule has 0 spiro atoms. The number of carbonyl (C=O) groups excluding carboxylic acids is 1. The van der Waals surface area contributed by atoms with Crippen LogP contribution in [0.25, 0.3) is 0 Å². The highest BCUT2D eigenvalue weighted by Gasteiger charge is 2.33. The third-order valence-electron chi connectivity index (χ3n) is 3.34. The molecule has 1 aromatic heterocycles. The van der Waals surface area contributed by atoms with E-state index < -0.39 is 0 Å². The SMILES string of the molecule is Cc1nc(CN(C(=O)Nc2ccc(Cl)cc2)C2CC2)cs1. The van der Waals surface area contributed by atoms with Crippen molar-refractivity contribution >= 4 is 34.7 Å². The molecule has 0 bridgehead atoms. The Bertz CT molecular complexity index is 637. The van der Waals surface area contributed by atoms with Crippen molar-refractivity contribution in [2.75, 3.05) is 5.32 Å². The number of nitrogens with zero attached hydrogens (tertiary/aromatic N) is 2. The average molecular weight is 322 g/mol. The molecule has 2 amide bonds. The molecule has 2 aromatic rings. The molecule has 1 aliphatic rings. The standard InChI is InChI=1S/C15H16ClN3OS/c1-10-17-13(9-21-10)8-19(14-6-7-14)15(20)18-12-4-2-11(16)3-5-12/h2-5,9,14H,6-8H2,1H3,(H,18,20). The molecule has 1 aromatic carbocycles. The van der Waals surface area contributed by atoms with Gasteiger partial charge < -0.3 is 10.2 Å². The van der Waals surface area contributed by atoms with E-state index in [4.69, 9.17) is 11.6 Å². The lowest BCUT2D eigenvalue weighted by atomic mass is 10.3. The Kier molecular flexibility index (Phi) is 4.12. The van der Waals surface area contributed by atoms with Gasteiger partial charge in [-0.05, 0) is 44.0 Å². The summed E-state index contributed by atoms with van der Waals surface area (Å²) < 4.78 is 0. The summed E-state index contributed by atoms with van der Waals surface area (Å²) in [5, 5.41) is 6.62. The maximum atomic E-state index is 12.4. The molecule has 4 nitrogen and oxygen atoms in total. The molecular weight excluding hydrogens is 306 g/mol. The van der Waals surface area contributed by atoms with Crippen molar-refractivity contribution in [3.8, 4) is 0 Å². The number of hydrogen-bond acceptors (Lipinski definition) is 3. The zero-order chi connectivity index (χ0) is 14.8. The smallest absolute Gasteiger partial charge is 0.316 e. The highest BCUT2D eigenvalue weighted by molar-refractivity contribution is 7.09. The lowest BCUT2D eigenvalue weighted by molar-refractivity contribution is 0.205. The molecule has 1 aliphatic carbocycles. The van der Waals surface area contributed by atoms with Gasteiger partial charge in [-0.25, -0.2) is 9.78 Å². The molecule has 0 radical (unpaired) electrons. The van der Waals surface area contributed by atoms with E-state index in [9.17, 15) is 4.79 Å². The summed E-state index contributed by atoms with van der Waals surface area (Å²) in [5.41, 5.74) is 1.71. The fourth-order valence-corrected chi connectivity index (χ4v) is 2.87. The molecule has 0 unspecified atom stereocenters. The first-order valence-corrected chi connectivity index (χ1v) is 8.12. The Morgan fingerprint density at radius 3 is 2.71 bits per heavy atom. The van der Waals surface area contributed by atoms with E-state index in [-0.39, 0.29) is 6.03 Å². The van der Waals surface area contributed by atoms with Gasteiger partial charge in [-0.3, -0.25) is 0 Å². The van der Waals surface area contributed by atoms with E-state index >= 15 is 0 Å². The number of urea groups is 1. The van der Waals surface area contributed by atoms with Crippen molar-refractivity contribution in [3.63, 3.8) is 0 Å². The summed E-state index contributed by atoms with van der Waals surface area (Å²) in [5.74, 6) is 0. The number of amides is 2. The number of benzene rings is 1. The maximum Gasteiger partial charge on any atom is 0.322 e.